The highest BCUT2D eigenvalue weighted by Gasteiger charge is 2.49. The van der Waals surface area contributed by atoms with Crippen LogP contribution < -0.4 is 9.61 Å². The Morgan fingerprint density at radius 1 is 1.26 bits per heavy atom. The lowest BCUT2D eigenvalue weighted by atomic mass is 9.98. The Morgan fingerprint density at radius 3 is 2.56 bits per heavy atom. The quantitative estimate of drug-likeness (QED) is 0.295. The van der Waals surface area contributed by atoms with Crippen molar-refractivity contribution in [3.8, 4) is 5.75 Å². The number of rotatable bonds is 9. The first kappa shape index (κ1) is 26.1. The number of ketones is 1. The Bertz CT molecular complexity index is 986. The highest BCUT2D eigenvalue weighted by Crippen LogP contribution is 2.48. The molecule has 34 heavy (non-hydrogen) atoms. The van der Waals surface area contributed by atoms with E-state index in [9.17, 15) is 24.1 Å². The van der Waals surface area contributed by atoms with Crippen molar-refractivity contribution in [2.45, 2.75) is 57.8 Å². The van der Waals surface area contributed by atoms with Crippen LogP contribution in [0.4, 0.5) is 0 Å². The second-order valence-corrected chi connectivity index (χ2v) is 9.83. The van der Waals surface area contributed by atoms with Crippen LogP contribution in [0.1, 0.15) is 27.2 Å². The Kier molecular flexibility index (Phi) is 8.27. The van der Waals surface area contributed by atoms with Crippen LogP contribution in [0.25, 0.3) is 0 Å². The molecule has 7 atom stereocenters. The number of esters is 1. The minimum absolute atomic E-state index is 0.232. The number of amides is 1. The van der Waals surface area contributed by atoms with Crippen molar-refractivity contribution < 1.29 is 42.6 Å². The molecule has 1 fully saturated rings. The predicted octanol–water partition coefficient (Wildman–Crippen LogP) is 1.77. The molecule has 0 bridgehead atoms. The molecule has 0 aliphatic carbocycles. The van der Waals surface area contributed by atoms with E-state index in [1.54, 1.807) is 37.3 Å². The van der Waals surface area contributed by atoms with Gasteiger partial charge in [-0.3, -0.25) is 23.8 Å². The number of hydrogen-bond donors (Lipinski definition) is 2. The van der Waals surface area contributed by atoms with E-state index in [1.807, 2.05) is 0 Å². The van der Waals surface area contributed by atoms with E-state index in [0.29, 0.717) is 0 Å². The Morgan fingerprint density at radius 2 is 1.94 bits per heavy atom. The van der Waals surface area contributed by atoms with Crippen molar-refractivity contribution in [2.75, 3.05) is 7.11 Å². The lowest BCUT2D eigenvalue weighted by Crippen LogP contribution is -2.42. The molecule has 0 spiro atoms. The molecule has 1 aromatic carbocycles. The molecule has 0 radical (unpaired) electrons. The van der Waals surface area contributed by atoms with Gasteiger partial charge in [0, 0.05) is 12.1 Å². The van der Waals surface area contributed by atoms with Gasteiger partial charge in [-0.2, -0.15) is 5.09 Å². The van der Waals surface area contributed by atoms with Crippen LogP contribution in [0.3, 0.4) is 0 Å². The van der Waals surface area contributed by atoms with Gasteiger partial charge in [0.2, 0.25) is 5.91 Å². The van der Waals surface area contributed by atoms with Crippen molar-refractivity contribution in [3.05, 3.63) is 42.6 Å². The largest absolute Gasteiger partial charge is 0.468 e. The molecule has 12 heteroatoms. The van der Waals surface area contributed by atoms with Crippen molar-refractivity contribution in [1.29, 1.82) is 0 Å². The molecule has 11 nitrogen and oxygen atoms in total. The number of aliphatic hydroxyl groups excluding tert-OH is 1. The molecule has 1 amide bonds. The summed E-state index contributed by atoms with van der Waals surface area (Å²) in [6.45, 7) is 4.67. The zero-order valence-electron chi connectivity index (χ0n) is 19.3. The molecule has 2 unspecified atom stereocenters. The van der Waals surface area contributed by atoms with Gasteiger partial charge in [0.1, 0.15) is 24.1 Å². The van der Waals surface area contributed by atoms with Crippen LogP contribution in [0.15, 0.2) is 42.6 Å². The van der Waals surface area contributed by atoms with E-state index in [2.05, 4.69) is 9.82 Å². The summed E-state index contributed by atoms with van der Waals surface area (Å²) in [5, 5.41) is 13.3. The molecule has 186 valence electrons. The zero-order chi connectivity index (χ0) is 25.0. The molecule has 0 saturated carbocycles. The summed E-state index contributed by atoms with van der Waals surface area (Å²) >= 11 is 0. The molecular weight excluding hydrogens is 467 g/mol. The van der Waals surface area contributed by atoms with Crippen LogP contribution in [0.2, 0.25) is 0 Å². The predicted molar refractivity (Wildman–Crippen MR) is 119 cm³/mol. The third kappa shape index (κ3) is 5.92. The van der Waals surface area contributed by atoms with Crippen molar-refractivity contribution in [2.24, 2.45) is 5.92 Å². The van der Waals surface area contributed by atoms with Crippen LogP contribution in [0.5, 0.6) is 5.75 Å². The minimum Gasteiger partial charge on any atom is -0.468 e. The number of para-hydroxylation sites is 1. The maximum atomic E-state index is 13.6. The van der Waals surface area contributed by atoms with E-state index in [4.69, 9.17) is 13.8 Å². The molecule has 2 aliphatic heterocycles. The van der Waals surface area contributed by atoms with Crippen molar-refractivity contribution >= 4 is 25.4 Å². The lowest BCUT2D eigenvalue weighted by molar-refractivity contribution is -0.147. The summed E-state index contributed by atoms with van der Waals surface area (Å²) in [6, 6.07) is 7.22. The monoisotopic (exact) mass is 496 g/mol. The number of methoxy groups -OCH3 is 1. The Labute approximate surface area is 197 Å². The van der Waals surface area contributed by atoms with Crippen LogP contribution >= 0.6 is 7.75 Å². The minimum atomic E-state index is -4.17. The number of nitrogens with one attached hydrogen (secondary N) is 1. The van der Waals surface area contributed by atoms with E-state index >= 15 is 0 Å². The maximum absolute atomic E-state index is 13.6. The van der Waals surface area contributed by atoms with E-state index in [-0.39, 0.29) is 18.0 Å². The molecule has 2 aliphatic rings. The average molecular weight is 496 g/mol. The number of carbonyl (C=O) groups excluding carboxylic acids is 3. The van der Waals surface area contributed by atoms with Gasteiger partial charge < -0.3 is 19.1 Å². The average Bonchev–Trinajstić information content (AvgIpc) is 3.08. The molecule has 2 N–H and O–H groups in total. The van der Waals surface area contributed by atoms with Gasteiger partial charge in [0.15, 0.2) is 5.78 Å². The summed E-state index contributed by atoms with van der Waals surface area (Å²) in [5.74, 6) is -1.74. The van der Waals surface area contributed by atoms with E-state index in [1.165, 1.54) is 38.1 Å². The molecule has 1 aromatic rings. The first-order valence-corrected chi connectivity index (χ1v) is 12.3. The molecule has 2 heterocycles. The fourth-order valence-corrected chi connectivity index (χ4v) is 5.45. The van der Waals surface area contributed by atoms with Gasteiger partial charge in [0.05, 0.1) is 25.7 Å². The third-order valence-corrected chi connectivity index (χ3v) is 7.34. The first-order chi connectivity index (χ1) is 16.0. The number of hydrogen-bond acceptors (Lipinski definition) is 9. The van der Waals surface area contributed by atoms with Crippen molar-refractivity contribution in [3.63, 3.8) is 0 Å². The SMILES string of the molecule is COC(=O)[C@H](C)NP(=O)(Oc1ccccc1)OC(C)[C@H]1O[C@@H](N2C=CC(=O)CC2=O)[C@@H](C)[C@@H]1O. The molecule has 1 saturated heterocycles. The molecule has 3 rings (SSSR count). The summed E-state index contributed by atoms with van der Waals surface area (Å²) < 4.78 is 35.6. The Balaban J connectivity index is 1.78. The first-order valence-electron chi connectivity index (χ1n) is 10.8. The fraction of sp³-hybridized carbons (Fsp3) is 0.500. The van der Waals surface area contributed by atoms with E-state index in [0.717, 1.165) is 0 Å². The number of nitrogens with zero attached hydrogens (tertiary/aromatic N) is 1. The number of benzene rings is 1. The number of ether oxygens (including phenoxy) is 2. The highest BCUT2D eigenvalue weighted by atomic mass is 31.2. The van der Waals surface area contributed by atoms with Gasteiger partial charge in [-0.25, -0.2) is 4.57 Å². The van der Waals surface area contributed by atoms with Gasteiger partial charge in [-0.1, -0.05) is 25.1 Å². The van der Waals surface area contributed by atoms with E-state index < -0.39 is 56.1 Å². The van der Waals surface area contributed by atoms with Gasteiger partial charge in [-0.15, -0.1) is 0 Å². The summed E-state index contributed by atoms with van der Waals surface area (Å²) in [4.78, 5) is 37.0. The normalized spacial score (nSPS) is 28.3. The molecular formula is C22H29N2O9P. The second-order valence-electron chi connectivity index (χ2n) is 8.19. The van der Waals surface area contributed by atoms with Gasteiger partial charge >= 0.3 is 13.7 Å². The fourth-order valence-electron chi connectivity index (χ4n) is 3.76. The Hall–Kier alpha value is -2.56. The zero-order valence-corrected chi connectivity index (χ0v) is 20.2. The third-order valence-electron chi connectivity index (χ3n) is 5.57. The van der Waals surface area contributed by atoms with Crippen LogP contribution in [0, 0.1) is 5.92 Å². The smallest absolute Gasteiger partial charge is 0.459 e. The topological polar surface area (TPSA) is 141 Å². The molecule has 0 aromatic heterocycles. The second kappa shape index (κ2) is 10.8. The van der Waals surface area contributed by atoms with Crippen LogP contribution in [-0.2, 0) is 32.9 Å². The summed E-state index contributed by atoms with van der Waals surface area (Å²) in [5.41, 5.74) is 0. The maximum Gasteiger partial charge on any atom is 0.459 e. The van der Waals surface area contributed by atoms with Crippen LogP contribution in [-0.4, -0.2) is 65.4 Å². The number of carbonyl (C=O) groups is 3. The summed E-state index contributed by atoms with van der Waals surface area (Å²) in [7, 11) is -2.98. The lowest BCUT2D eigenvalue weighted by Gasteiger charge is -2.30. The van der Waals surface area contributed by atoms with Gasteiger partial charge in [-0.05, 0) is 32.1 Å². The highest BCUT2D eigenvalue weighted by molar-refractivity contribution is 7.52. The van der Waals surface area contributed by atoms with Gasteiger partial charge in [0.25, 0.3) is 0 Å². The number of allylic oxidation sites excluding steroid dienone is 1. The van der Waals surface area contributed by atoms with Crippen molar-refractivity contribution in [1.82, 2.24) is 9.99 Å². The standard InChI is InChI=1S/C22H29N2O9P/c1-13-19(27)20(31-21(13)24-11-10-16(25)12-18(24)26)15(3)32-34(29,23-14(2)22(28)30-4)33-17-8-6-5-7-9-17/h5-11,13-15,19-21,27H,12H2,1-4H3,(H,23,29)/t13-,14-,15?,19-,20+,21+,34?/m0/s1. The summed E-state index contributed by atoms with van der Waals surface area (Å²) in [6.07, 6.45) is -1.58. The number of aliphatic hydroxyl groups is 1.